The Morgan fingerprint density at radius 3 is 2.75 bits per heavy atom. The number of halogens is 1. The number of hydrogen-bond acceptors (Lipinski definition) is 6. The molecule has 2 rings (SSSR count). The molecular weight excluding hydrogens is 278 g/mol. The van der Waals surface area contributed by atoms with Gasteiger partial charge in [0.15, 0.2) is 0 Å². The first-order valence-corrected chi connectivity index (χ1v) is 7.58. The van der Waals surface area contributed by atoms with Crippen LogP contribution in [0.3, 0.4) is 0 Å². The Kier molecular flexibility index (Phi) is 5.79. The summed E-state index contributed by atoms with van der Waals surface area (Å²) in [7, 11) is 0. The van der Waals surface area contributed by atoms with Crippen LogP contribution < -0.4 is 10.2 Å². The van der Waals surface area contributed by atoms with Crippen LogP contribution in [-0.2, 0) is 0 Å². The largest absolute Gasteiger partial charge is 0.396 e. The molecule has 1 aromatic heterocycles. The molecule has 6 nitrogen and oxygen atoms in total. The van der Waals surface area contributed by atoms with Crippen molar-refractivity contribution in [2.75, 3.05) is 36.5 Å². The predicted molar refractivity (Wildman–Crippen MR) is 80.3 cm³/mol. The molecular formula is C13H22ClN5O. The maximum Gasteiger partial charge on any atom is 0.231 e. The second-order valence-corrected chi connectivity index (χ2v) is 5.62. The molecule has 1 fully saturated rings. The number of nitrogens with one attached hydrogen (secondary N) is 1. The van der Waals surface area contributed by atoms with Crippen LogP contribution in [0, 0.1) is 5.92 Å². The summed E-state index contributed by atoms with van der Waals surface area (Å²) < 4.78 is 0. The molecule has 2 N–H and O–H groups in total. The summed E-state index contributed by atoms with van der Waals surface area (Å²) in [6.45, 7) is 4.99. The second-order valence-electron chi connectivity index (χ2n) is 5.28. The maximum absolute atomic E-state index is 8.97. The number of anilines is 2. The van der Waals surface area contributed by atoms with Crippen LogP contribution in [0.15, 0.2) is 0 Å². The van der Waals surface area contributed by atoms with Gasteiger partial charge in [-0.3, -0.25) is 0 Å². The fourth-order valence-electron chi connectivity index (χ4n) is 2.22. The monoisotopic (exact) mass is 299 g/mol. The molecule has 2 heterocycles. The molecule has 0 saturated carbocycles. The zero-order valence-corrected chi connectivity index (χ0v) is 12.6. The van der Waals surface area contributed by atoms with Gasteiger partial charge in [0, 0.05) is 26.2 Å². The summed E-state index contributed by atoms with van der Waals surface area (Å²) in [6, 6.07) is 0. The van der Waals surface area contributed by atoms with Crippen molar-refractivity contribution in [2.24, 2.45) is 5.92 Å². The first-order chi connectivity index (χ1) is 9.69. The Balaban J connectivity index is 1.87. The van der Waals surface area contributed by atoms with Crippen LogP contribution in [0.2, 0.25) is 5.28 Å². The summed E-state index contributed by atoms with van der Waals surface area (Å²) in [5.74, 6) is 1.52. The van der Waals surface area contributed by atoms with Crippen molar-refractivity contribution < 1.29 is 5.11 Å². The molecule has 0 aliphatic carbocycles. The van der Waals surface area contributed by atoms with E-state index in [0.717, 1.165) is 32.5 Å². The maximum atomic E-state index is 8.97. The smallest absolute Gasteiger partial charge is 0.231 e. The molecule has 1 atom stereocenters. The van der Waals surface area contributed by atoms with E-state index in [-0.39, 0.29) is 11.9 Å². The zero-order chi connectivity index (χ0) is 14.4. The molecule has 0 amide bonds. The van der Waals surface area contributed by atoms with Crippen LogP contribution in [0.25, 0.3) is 0 Å². The molecule has 1 saturated heterocycles. The van der Waals surface area contributed by atoms with E-state index in [1.165, 1.54) is 12.8 Å². The molecule has 1 aromatic rings. The van der Waals surface area contributed by atoms with Crippen molar-refractivity contribution in [3.63, 3.8) is 0 Å². The number of hydrogen-bond donors (Lipinski definition) is 2. The van der Waals surface area contributed by atoms with Crippen molar-refractivity contribution >= 4 is 23.5 Å². The molecule has 1 unspecified atom stereocenters. The summed E-state index contributed by atoms with van der Waals surface area (Å²) in [6.07, 6.45) is 4.28. The van der Waals surface area contributed by atoms with Gasteiger partial charge in [-0.1, -0.05) is 6.92 Å². The second kappa shape index (κ2) is 7.59. The van der Waals surface area contributed by atoms with Gasteiger partial charge < -0.3 is 15.3 Å². The topological polar surface area (TPSA) is 74.2 Å². The Morgan fingerprint density at radius 2 is 2.05 bits per heavy atom. The number of nitrogens with zero attached hydrogens (tertiary/aromatic N) is 4. The van der Waals surface area contributed by atoms with E-state index in [1.54, 1.807) is 0 Å². The van der Waals surface area contributed by atoms with Crippen molar-refractivity contribution in [1.82, 2.24) is 15.0 Å². The minimum absolute atomic E-state index is 0.230. The Morgan fingerprint density at radius 1 is 1.30 bits per heavy atom. The molecule has 1 aliphatic rings. The van der Waals surface area contributed by atoms with Crippen molar-refractivity contribution in [1.29, 1.82) is 0 Å². The van der Waals surface area contributed by atoms with E-state index in [2.05, 4.69) is 25.2 Å². The van der Waals surface area contributed by atoms with Gasteiger partial charge in [0.1, 0.15) is 0 Å². The van der Waals surface area contributed by atoms with Gasteiger partial charge in [-0.05, 0) is 43.2 Å². The summed E-state index contributed by atoms with van der Waals surface area (Å²) in [4.78, 5) is 14.8. The van der Waals surface area contributed by atoms with E-state index < -0.39 is 0 Å². The molecule has 112 valence electrons. The molecule has 1 aliphatic heterocycles. The van der Waals surface area contributed by atoms with E-state index in [0.29, 0.717) is 17.8 Å². The number of rotatable bonds is 7. The van der Waals surface area contributed by atoms with Gasteiger partial charge in [-0.25, -0.2) is 0 Å². The highest BCUT2D eigenvalue weighted by molar-refractivity contribution is 6.28. The van der Waals surface area contributed by atoms with E-state index >= 15 is 0 Å². The fraction of sp³-hybridized carbons (Fsp3) is 0.769. The summed E-state index contributed by atoms with van der Waals surface area (Å²) in [5, 5.41) is 12.4. The van der Waals surface area contributed by atoms with Gasteiger partial charge in [0.05, 0.1) is 0 Å². The summed E-state index contributed by atoms with van der Waals surface area (Å²) >= 11 is 5.95. The molecule has 0 bridgehead atoms. The van der Waals surface area contributed by atoms with Crippen molar-refractivity contribution in [2.45, 2.75) is 32.6 Å². The molecule has 0 spiro atoms. The molecule has 0 radical (unpaired) electrons. The molecule has 0 aromatic carbocycles. The van der Waals surface area contributed by atoms with Gasteiger partial charge >= 0.3 is 0 Å². The average Bonchev–Trinajstić information content (AvgIpc) is 2.97. The lowest BCUT2D eigenvalue weighted by atomic mass is 10.1. The number of aliphatic hydroxyl groups is 1. The Bertz CT molecular complexity index is 425. The standard InChI is InChI=1S/C13H22ClN5O/c1-10(9-20)5-4-6-15-12-16-11(14)17-13(18-12)19-7-2-3-8-19/h10,20H,2-9H2,1H3,(H,15,16,17,18). The third-order valence-electron chi connectivity index (χ3n) is 3.45. The normalized spacial score (nSPS) is 16.4. The van der Waals surface area contributed by atoms with Crippen LogP contribution in [0.1, 0.15) is 32.6 Å². The lowest BCUT2D eigenvalue weighted by Crippen LogP contribution is -2.21. The van der Waals surface area contributed by atoms with Gasteiger partial charge in [0.25, 0.3) is 0 Å². The van der Waals surface area contributed by atoms with Crippen molar-refractivity contribution in [3.05, 3.63) is 5.28 Å². The Hall–Kier alpha value is -1.14. The third kappa shape index (κ3) is 4.45. The van der Waals surface area contributed by atoms with Gasteiger partial charge in [-0.2, -0.15) is 15.0 Å². The van der Waals surface area contributed by atoms with Gasteiger partial charge in [-0.15, -0.1) is 0 Å². The SMILES string of the molecule is CC(CO)CCCNc1nc(Cl)nc(N2CCCC2)n1. The van der Waals surface area contributed by atoms with E-state index in [9.17, 15) is 0 Å². The zero-order valence-electron chi connectivity index (χ0n) is 11.8. The van der Waals surface area contributed by atoms with E-state index in [1.807, 2.05) is 6.92 Å². The first-order valence-electron chi connectivity index (χ1n) is 7.20. The molecule has 20 heavy (non-hydrogen) atoms. The van der Waals surface area contributed by atoms with Crippen LogP contribution >= 0.6 is 11.6 Å². The van der Waals surface area contributed by atoms with E-state index in [4.69, 9.17) is 16.7 Å². The van der Waals surface area contributed by atoms with Crippen LogP contribution in [0.5, 0.6) is 0 Å². The lowest BCUT2D eigenvalue weighted by Gasteiger charge is -2.16. The quantitative estimate of drug-likeness (QED) is 0.750. The first kappa shape index (κ1) is 15.3. The Labute approximate surface area is 124 Å². The minimum Gasteiger partial charge on any atom is -0.396 e. The highest BCUT2D eigenvalue weighted by Gasteiger charge is 2.16. The lowest BCUT2D eigenvalue weighted by molar-refractivity contribution is 0.229. The average molecular weight is 300 g/mol. The minimum atomic E-state index is 0.230. The van der Waals surface area contributed by atoms with Crippen LogP contribution in [0.4, 0.5) is 11.9 Å². The fourth-order valence-corrected chi connectivity index (χ4v) is 2.37. The van der Waals surface area contributed by atoms with Gasteiger partial charge in [0.2, 0.25) is 17.2 Å². The number of aliphatic hydroxyl groups excluding tert-OH is 1. The highest BCUT2D eigenvalue weighted by Crippen LogP contribution is 2.18. The van der Waals surface area contributed by atoms with Crippen molar-refractivity contribution in [3.8, 4) is 0 Å². The molecule has 7 heteroatoms. The summed E-state index contributed by atoms with van der Waals surface area (Å²) in [5.41, 5.74) is 0. The predicted octanol–water partition coefficient (Wildman–Crippen LogP) is 1.95. The third-order valence-corrected chi connectivity index (χ3v) is 3.62. The highest BCUT2D eigenvalue weighted by atomic mass is 35.5. The number of aromatic nitrogens is 3. The van der Waals surface area contributed by atoms with Crippen LogP contribution in [-0.4, -0.2) is 46.3 Å².